The number of amides is 1. The molecule has 0 aliphatic carbocycles. The smallest absolute Gasteiger partial charge is 0.419 e. The molecule has 1 heterocycles. The number of nitrogens with one attached hydrogen (secondary N) is 1. The Morgan fingerprint density at radius 3 is 2.75 bits per heavy atom. The average Bonchev–Trinajstić information content (AvgIpc) is 2.50. The molecule has 0 aromatic heterocycles. The van der Waals surface area contributed by atoms with E-state index in [0.29, 0.717) is 13.0 Å². The number of halogens is 3. The van der Waals surface area contributed by atoms with Crippen molar-refractivity contribution in [3.63, 3.8) is 0 Å². The van der Waals surface area contributed by atoms with Gasteiger partial charge in [-0.05, 0) is 24.6 Å². The van der Waals surface area contributed by atoms with Gasteiger partial charge in [0, 0.05) is 12.1 Å². The molecule has 0 bridgehead atoms. The van der Waals surface area contributed by atoms with Crippen molar-refractivity contribution in [3.8, 4) is 18.1 Å². The summed E-state index contributed by atoms with van der Waals surface area (Å²) in [5.41, 5.74) is 0.639. The molecule has 128 valence electrons. The van der Waals surface area contributed by atoms with Crippen LogP contribution in [0.5, 0.6) is 5.75 Å². The zero-order valence-corrected chi connectivity index (χ0v) is 13.1. The fraction of sp³-hybridized carbons (Fsp3) is 0.333. The lowest BCUT2D eigenvalue weighted by Gasteiger charge is -2.41. The first-order valence-electron chi connectivity index (χ1n) is 6.82. The standard InChI is InChI=1S/C15H13F3N2O3S/c1-2-7-23-12-4-3-9(8-10(12)15(16,17)18)14(24)20-6-5-11(20)13(21)19-22/h1,3-4,8,11,22H,5-7H2,(H,19,21). The van der Waals surface area contributed by atoms with Crippen molar-refractivity contribution in [2.45, 2.75) is 18.6 Å². The first-order chi connectivity index (χ1) is 11.3. The van der Waals surface area contributed by atoms with Gasteiger partial charge in [-0.25, -0.2) is 5.48 Å². The highest BCUT2D eigenvalue weighted by Crippen LogP contribution is 2.37. The molecule has 1 unspecified atom stereocenters. The van der Waals surface area contributed by atoms with Gasteiger partial charge in [-0.15, -0.1) is 6.42 Å². The van der Waals surface area contributed by atoms with Crippen LogP contribution in [-0.2, 0) is 11.0 Å². The Balaban J connectivity index is 2.30. The van der Waals surface area contributed by atoms with Crippen LogP contribution < -0.4 is 10.2 Å². The zero-order valence-electron chi connectivity index (χ0n) is 12.3. The Morgan fingerprint density at radius 1 is 1.54 bits per heavy atom. The molecule has 9 heteroatoms. The minimum atomic E-state index is -4.65. The molecule has 24 heavy (non-hydrogen) atoms. The normalized spacial score (nSPS) is 16.8. The van der Waals surface area contributed by atoms with Crippen molar-refractivity contribution < 1.29 is 27.9 Å². The summed E-state index contributed by atoms with van der Waals surface area (Å²) in [4.78, 5) is 13.0. The number of alkyl halides is 3. The average molecular weight is 358 g/mol. The monoisotopic (exact) mass is 358 g/mol. The third kappa shape index (κ3) is 3.60. The first-order valence-corrected chi connectivity index (χ1v) is 7.23. The fourth-order valence-electron chi connectivity index (χ4n) is 2.27. The van der Waals surface area contributed by atoms with Gasteiger partial charge in [-0.3, -0.25) is 10.0 Å². The molecular formula is C15H13F3N2O3S. The minimum Gasteiger partial charge on any atom is -0.480 e. The van der Waals surface area contributed by atoms with Crippen LogP contribution in [-0.4, -0.2) is 40.2 Å². The number of benzene rings is 1. The van der Waals surface area contributed by atoms with Crippen LogP contribution in [0.1, 0.15) is 17.5 Å². The Hall–Kier alpha value is -2.31. The van der Waals surface area contributed by atoms with E-state index >= 15 is 0 Å². The Labute approximate surface area is 141 Å². The second-order valence-electron chi connectivity index (χ2n) is 4.98. The molecule has 2 N–H and O–H groups in total. The molecule has 1 aromatic rings. The molecule has 1 aliphatic heterocycles. The van der Waals surface area contributed by atoms with Crippen molar-refractivity contribution in [2.75, 3.05) is 13.2 Å². The highest BCUT2D eigenvalue weighted by molar-refractivity contribution is 7.80. The van der Waals surface area contributed by atoms with E-state index in [9.17, 15) is 18.0 Å². The van der Waals surface area contributed by atoms with E-state index in [2.05, 4.69) is 5.92 Å². The van der Waals surface area contributed by atoms with Crippen molar-refractivity contribution in [1.82, 2.24) is 10.4 Å². The number of likely N-dealkylation sites (tertiary alicyclic amines) is 1. The van der Waals surface area contributed by atoms with E-state index in [1.165, 1.54) is 16.4 Å². The molecule has 5 nitrogen and oxygen atoms in total. The SMILES string of the molecule is C#CCOc1ccc(C(=S)N2CCC2C(=O)NO)cc1C(F)(F)F. The van der Waals surface area contributed by atoms with Gasteiger partial charge in [0.05, 0.1) is 5.56 Å². The number of terminal acetylenes is 1. The van der Waals surface area contributed by atoms with Crippen LogP contribution in [0.15, 0.2) is 18.2 Å². The third-order valence-electron chi connectivity index (χ3n) is 3.54. The van der Waals surface area contributed by atoms with Crippen molar-refractivity contribution in [1.29, 1.82) is 0 Å². The Bertz CT molecular complexity index is 700. The van der Waals surface area contributed by atoms with E-state index < -0.39 is 23.7 Å². The summed E-state index contributed by atoms with van der Waals surface area (Å²) in [6.45, 7) is 0.116. The second-order valence-corrected chi connectivity index (χ2v) is 5.37. The lowest BCUT2D eigenvalue weighted by Crippen LogP contribution is -2.57. The molecule has 0 saturated carbocycles. The number of hydrogen-bond donors (Lipinski definition) is 2. The summed E-state index contributed by atoms with van der Waals surface area (Å²) in [5.74, 6) is 1.05. The van der Waals surface area contributed by atoms with Gasteiger partial charge in [0.15, 0.2) is 0 Å². The largest absolute Gasteiger partial charge is 0.480 e. The van der Waals surface area contributed by atoms with E-state index in [0.717, 1.165) is 12.1 Å². The Morgan fingerprint density at radius 2 is 2.25 bits per heavy atom. The van der Waals surface area contributed by atoms with Gasteiger partial charge in [-0.2, -0.15) is 13.2 Å². The minimum absolute atomic E-state index is 0.0869. The van der Waals surface area contributed by atoms with Crippen LogP contribution in [0.4, 0.5) is 13.2 Å². The summed E-state index contributed by atoms with van der Waals surface area (Å²) in [7, 11) is 0. The lowest BCUT2D eigenvalue weighted by molar-refractivity contribution is -0.139. The molecule has 0 spiro atoms. The predicted molar refractivity (Wildman–Crippen MR) is 82.5 cm³/mol. The summed E-state index contributed by atoms with van der Waals surface area (Å²) in [6, 6.07) is 2.67. The van der Waals surface area contributed by atoms with Gasteiger partial charge in [-0.1, -0.05) is 18.1 Å². The highest BCUT2D eigenvalue weighted by atomic mass is 32.1. The first kappa shape index (κ1) is 18.0. The van der Waals surface area contributed by atoms with Crippen molar-refractivity contribution in [3.05, 3.63) is 29.3 Å². The quantitative estimate of drug-likeness (QED) is 0.373. The third-order valence-corrected chi connectivity index (χ3v) is 4.01. The maximum atomic E-state index is 13.2. The van der Waals surface area contributed by atoms with E-state index in [4.69, 9.17) is 28.6 Å². The molecule has 1 aliphatic rings. The number of ether oxygens (including phenoxy) is 1. The van der Waals surface area contributed by atoms with Gasteiger partial charge in [0.2, 0.25) is 0 Å². The molecular weight excluding hydrogens is 345 g/mol. The Kier molecular flexibility index (Phi) is 5.31. The fourth-order valence-corrected chi connectivity index (χ4v) is 2.62. The van der Waals surface area contributed by atoms with Crippen LogP contribution in [0.25, 0.3) is 0 Å². The number of carbonyl (C=O) groups is 1. The van der Waals surface area contributed by atoms with Crippen LogP contribution >= 0.6 is 12.2 Å². The lowest BCUT2D eigenvalue weighted by atomic mass is 10.00. The molecule has 1 amide bonds. The molecule has 1 saturated heterocycles. The van der Waals surface area contributed by atoms with Crippen molar-refractivity contribution >= 4 is 23.1 Å². The van der Waals surface area contributed by atoms with Gasteiger partial charge in [0.25, 0.3) is 5.91 Å². The number of rotatable bonds is 4. The van der Waals surface area contributed by atoms with Crippen LogP contribution in [0.3, 0.4) is 0 Å². The zero-order chi connectivity index (χ0) is 17.9. The van der Waals surface area contributed by atoms with E-state index in [1.807, 2.05) is 0 Å². The topological polar surface area (TPSA) is 61.8 Å². The number of thiocarbonyl (C=S) groups is 1. The second kappa shape index (κ2) is 7.07. The van der Waals surface area contributed by atoms with Crippen molar-refractivity contribution in [2.24, 2.45) is 0 Å². The summed E-state index contributed by atoms with van der Waals surface area (Å²) < 4.78 is 44.5. The van der Waals surface area contributed by atoms with Gasteiger partial charge in [0.1, 0.15) is 23.4 Å². The summed E-state index contributed by atoms with van der Waals surface area (Å²) >= 11 is 5.17. The van der Waals surface area contributed by atoms with Gasteiger partial charge < -0.3 is 9.64 Å². The number of hydrogen-bond acceptors (Lipinski definition) is 4. The predicted octanol–water partition coefficient (Wildman–Crippen LogP) is 1.97. The summed E-state index contributed by atoms with van der Waals surface area (Å²) in [6.07, 6.45) is 0.794. The maximum Gasteiger partial charge on any atom is 0.419 e. The molecule has 1 aromatic carbocycles. The number of carbonyl (C=O) groups excluding carboxylic acids is 1. The van der Waals surface area contributed by atoms with Crippen LogP contribution in [0, 0.1) is 12.3 Å². The van der Waals surface area contributed by atoms with E-state index in [1.54, 1.807) is 0 Å². The van der Waals surface area contributed by atoms with Gasteiger partial charge >= 0.3 is 6.18 Å². The van der Waals surface area contributed by atoms with Crippen LogP contribution in [0.2, 0.25) is 0 Å². The molecule has 1 fully saturated rings. The molecule has 2 rings (SSSR count). The van der Waals surface area contributed by atoms with E-state index in [-0.39, 0.29) is 22.9 Å². The maximum absolute atomic E-state index is 13.2. The number of nitrogens with zero attached hydrogens (tertiary/aromatic N) is 1. The molecule has 1 atom stereocenters. The highest BCUT2D eigenvalue weighted by Gasteiger charge is 2.38. The summed E-state index contributed by atoms with van der Waals surface area (Å²) in [5, 5.41) is 8.66. The number of hydroxylamine groups is 1. The molecule has 0 radical (unpaired) electrons.